The van der Waals surface area contributed by atoms with Crippen LogP contribution in [0.4, 0.5) is 5.82 Å². The maximum absolute atomic E-state index is 11.0. The molecule has 0 amide bonds. The van der Waals surface area contributed by atoms with Crippen LogP contribution in [0.1, 0.15) is 21.5 Å². The van der Waals surface area contributed by atoms with Crippen LogP contribution in [-0.4, -0.2) is 16.1 Å². The van der Waals surface area contributed by atoms with Crippen LogP contribution >= 0.6 is 11.6 Å². The van der Waals surface area contributed by atoms with Gasteiger partial charge in [-0.3, -0.25) is 0 Å². The van der Waals surface area contributed by atoms with Crippen LogP contribution in [0.15, 0.2) is 36.5 Å². The summed E-state index contributed by atoms with van der Waals surface area (Å²) in [6.07, 6.45) is 1.34. The molecule has 4 nitrogen and oxygen atoms in total. The summed E-state index contributed by atoms with van der Waals surface area (Å²) in [6, 6.07) is 9.48. The van der Waals surface area contributed by atoms with Crippen molar-refractivity contribution in [3.05, 3.63) is 58.2 Å². The molecule has 0 aliphatic rings. The van der Waals surface area contributed by atoms with Crippen molar-refractivity contribution in [3.8, 4) is 0 Å². The highest BCUT2D eigenvalue weighted by Gasteiger charge is 2.10. The zero-order valence-electron chi connectivity index (χ0n) is 10.4. The van der Waals surface area contributed by atoms with Crippen molar-refractivity contribution < 1.29 is 9.90 Å². The Kier molecular flexibility index (Phi) is 4.02. The van der Waals surface area contributed by atoms with E-state index in [0.29, 0.717) is 12.4 Å². The molecule has 0 atom stereocenters. The average Bonchev–Trinajstić information content (AvgIpc) is 2.37. The SMILES string of the molecule is Cc1cccc(CNc2cc(C(=O)O)c(Cl)cn2)c1. The van der Waals surface area contributed by atoms with Crippen LogP contribution in [-0.2, 0) is 6.54 Å². The van der Waals surface area contributed by atoms with Crippen LogP contribution in [0.2, 0.25) is 5.02 Å². The van der Waals surface area contributed by atoms with Crippen LogP contribution in [0.3, 0.4) is 0 Å². The molecule has 0 fully saturated rings. The highest BCUT2D eigenvalue weighted by Crippen LogP contribution is 2.18. The lowest BCUT2D eigenvalue weighted by atomic mass is 10.1. The lowest BCUT2D eigenvalue weighted by Gasteiger charge is -2.07. The van der Waals surface area contributed by atoms with Gasteiger partial charge in [0.05, 0.1) is 10.6 Å². The number of benzene rings is 1. The molecule has 0 saturated heterocycles. The maximum Gasteiger partial charge on any atom is 0.337 e. The van der Waals surface area contributed by atoms with Crippen molar-refractivity contribution in [1.82, 2.24) is 4.98 Å². The summed E-state index contributed by atoms with van der Waals surface area (Å²) < 4.78 is 0. The second-order valence-corrected chi connectivity index (χ2v) is 4.60. The number of aromatic carboxylic acids is 1. The number of nitrogens with one attached hydrogen (secondary N) is 1. The number of hydrogen-bond donors (Lipinski definition) is 2. The molecule has 0 aliphatic carbocycles. The normalized spacial score (nSPS) is 10.2. The van der Waals surface area contributed by atoms with Gasteiger partial charge in [0.2, 0.25) is 0 Å². The first kappa shape index (κ1) is 13.4. The first-order valence-corrected chi connectivity index (χ1v) is 6.12. The Morgan fingerprint density at radius 1 is 1.42 bits per heavy atom. The number of halogens is 1. The third kappa shape index (κ3) is 3.45. The standard InChI is InChI=1S/C14H13ClN2O2/c1-9-3-2-4-10(5-9)7-16-13-6-11(14(18)19)12(15)8-17-13/h2-6,8H,7H2,1H3,(H,16,17)(H,18,19). The van der Waals surface area contributed by atoms with Crippen LogP contribution in [0.5, 0.6) is 0 Å². The van der Waals surface area contributed by atoms with Crippen LogP contribution < -0.4 is 5.32 Å². The molecule has 0 spiro atoms. The Bertz CT molecular complexity index is 614. The van der Waals surface area contributed by atoms with E-state index in [1.807, 2.05) is 25.1 Å². The van der Waals surface area contributed by atoms with Gasteiger partial charge in [0.1, 0.15) is 5.82 Å². The van der Waals surface area contributed by atoms with Crippen molar-refractivity contribution in [3.63, 3.8) is 0 Å². The van der Waals surface area contributed by atoms with E-state index in [1.165, 1.54) is 17.8 Å². The Hall–Kier alpha value is -2.07. The van der Waals surface area contributed by atoms with Gasteiger partial charge in [0.15, 0.2) is 0 Å². The van der Waals surface area contributed by atoms with Crippen molar-refractivity contribution in [2.75, 3.05) is 5.32 Å². The van der Waals surface area contributed by atoms with Gasteiger partial charge in [-0.05, 0) is 18.6 Å². The van der Waals surface area contributed by atoms with E-state index < -0.39 is 5.97 Å². The molecule has 2 N–H and O–H groups in total. The van der Waals surface area contributed by atoms with E-state index >= 15 is 0 Å². The predicted octanol–water partition coefficient (Wildman–Crippen LogP) is 3.35. The molecule has 1 aromatic heterocycles. The number of pyridine rings is 1. The third-order valence-electron chi connectivity index (χ3n) is 2.64. The van der Waals surface area contributed by atoms with Gasteiger partial charge in [-0.1, -0.05) is 41.4 Å². The number of carboxylic acid groups (broad SMARTS) is 1. The van der Waals surface area contributed by atoms with E-state index in [0.717, 1.165) is 5.56 Å². The van der Waals surface area contributed by atoms with Gasteiger partial charge in [0.25, 0.3) is 0 Å². The molecule has 98 valence electrons. The van der Waals surface area contributed by atoms with Crippen molar-refractivity contribution in [2.45, 2.75) is 13.5 Å². The van der Waals surface area contributed by atoms with E-state index in [2.05, 4.69) is 16.4 Å². The second kappa shape index (κ2) is 5.71. The topological polar surface area (TPSA) is 62.2 Å². The van der Waals surface area contributed by atoms with Crippen molar-refractivity contribution in [1.29, 1.82) is 0 Å². The summed E-state index contributed by atoms with van der Waals surface area (Å²) in [4.78, 5) is 15.0. The molecular weight excluding hydrogens is 264 g/mol. The number of hydrogen-bond acceptors (Lipinski definition) is 3. The molecule has 0 saturated carbocycles. The summed E-state index contributed by atoms with van der Waals surface area (Å²) >= 11 is 5.76. The highest BCUT2D eigenvalue weighted by molar-refractivity contribution is 6.33. The van der Waals surface area contributed by atoms with Crippen molar-refractivity contribution >= 4 is 23.4 Å². The van der Waals surface area contributed by atoms with Gasteiger partial charge in [-0.15, -0.1) is 0 Å². The Morgan fingerprint density at radius 2 is 2.21 bits per heavy atom. The molecule has 0 bridgehead atoms. The van der Waals surface area contributed by atoms with Gasteiger partial charge in [-0.25, -0.2) is 9.78 Å². The fourth-order valence-electron chi connectivity index (χ4n) is 1.71. The molecule has 0 aliphatic heterocycles. The van der Waals surface area contributed by atoms with E-state index in [1.54, 1.807) is 0 Å². The molecular formula is C14H13ClN2O2. The molecule has 19 heavy (non-hydrogen) atoms. The van der Waals surface area contributed by atoms with E-state index in [9.17, 15) is 4.79 Å². The minimum Gasteiger partial charge on any atom is -0.478 e. The smallest absolute Gasteiger partial charge is 0.337 e. The minimum atomic E-state index is -1.06. The second-order valence-electron chi connectivity index (χ2n) is 4.20. The molecule has 2 aromatic rings. The number of aromatic nitrogens is 1. The zero-order chi connectivity index (χ0) is 13.8. The summed E-state index contributed by atoms with van der Waals surface area (Å²) in [7, 11) is 0. The zero-order valence-corrected chi connectivity index (χ0v) is 11.1. The number of rotatable bonds is 4. The molecule has 0 radical (unpaired) electrons. The quantitative estimate of drug-likeness (QED) is 0.899. The third-order valence-corrected chi connectivity index (χ3v) is 2.94. The van der Waals surface area contributed by atoms with Gasteiger partial charge >= 0.3 is 5.97 Å². The number of aryl methyl sites for hydroxylation is 1. The van der Waals surface area contributed by atoms with E-state index in [4.69, 9.17) is 16.7 Å². The van der Waals surface area contributed by atoms with Gasteiger partial charge < -0.3 is 10.4 Å². The minimum absolute atomic E-state index is 0.0448. The maximum atomic E-state index is 11.0. The summed E-state index contributed by atoms with van der Waals surface area (Å²) in [5.41, 5.74) is 2.33. The molecule has 5 heteroatoms. The summed E-state index contributed by atoms with van der Waals surface area (Å²) in [5, 5.41) is 12.2. The number of carboxylic acids is 1. The molecule has 2 rings (SSSR count). The summed E-state index contributed by atoms with van der Waals surface area (Å²) in [5.74, 6) is -0.575. The molecule has 0 unspecified atom stereocenters. The average molecular weight is 277 g/mol. The first-order chi connectivity index (χ1) is 9.06. The Labute approximate surface area is 116 Å². The van der Waals surface area contributed by atoms with Gasteiger partial charge in [0, 0.05) is 12.7 Å². The lowest BCUT2D eigenvalue weighted by Crippen LogP contribution is -2.04. The first-order valence-electron chi connectivity index (χ1n) is 5.74. The number of anilines is 1. The fourth-order valence-corrected chi connectivity index (χ4v) is 1.90. The van der Waals surface area contributed by atoms with Gasteiger partial charge in [-0.2, -0.15) is 0 Å². The van der Waals surface area contributed by atoms with Crippen LogP contribution in [0, 0.1) is 6.92 Å². The van der Waals surface area contributed by atoms with Crippen LogP contribution in [0.25, 0.3) is 0 Å². The Morgan fingerprint density at radius 3 is 2.89 bits per heavy atom. The van der Waals surface area contributed by atoms with E-state index in [-0.39, 0.29) is 10.6 Å². The Balaban J connectivity index is 2.12. The number of carbonyl (C=O) groups is 1. The fraction of sp³-hybridized carbons (Fsp3) is 0.143. The largest absolute Gasteiger partial charge is 0.478 e. The highest BCUT2D eigenvalue weighted by atomic mass is 35.5. The molecule has 1 aromatic carbocycles. The predicted molar refractivity (Wildman–Crippen MR) is 74.7 cm³/mol. The number of nitrogens with zero attached hydrogens (tertiary/aromatic N) is 1. The lowest BCUT2D eigenvalue weighted by molar-refractivity contribution is 0.0697. The molecule has 1 heterocycles. The van der Waals surface area contributed by atoms with Crippen molar-refractivity contribution in [2.24, 2.45) is 0 Å². The summed E-state index contributed by atoms with van der Waals surface area (Å²) in [6.45, 7) is 2.60. The monoisotopic (exact) mass is 276 g/mol.